The van der Waals surface area contributed by atoms with E-state index < -0.39 is 5.91 Å². The van der Waals surface area contributed by atoms with Crippen LogP contribution in [0.25, 0.3) is 0 Å². The van der Waals surface area contributed by atoms with E-state index in [-0.39, 0.29) is 30.4 Å². The molecule has 0 saturated carbocycles. The molecule has 2 amide bonds. The summed E-state index contributed by atoms with van der Waals surface area (Å²) in [5, 5.41) is 2.75. The van der Waals surface area contributed by atoms with Crippen molar-refractivity contribution >= 4 is 17.8 Å². The molecule has 18 heavy (non-hydrogen) atoms. The van der Waals surface area contributed by atoms with Gasteiger partial charge in [-0.3, -0.25) is 19.3 Å². The summed E-state index contributed by atoms with van der Waals surface area (Å²) >= 11 is 0. The molecule has 0 radical (unpaired) electrons. The molecule has 1 fully saturated rings. The van der Waals surface area contributed by atoms with E-state index in [9.17, 15) is 14.4 Å². The second-order valence-electron chi connectivity index (χ2n) is 4.51. The van der Waals surface area contributed by atoms with Crippen LogP contribution < -0.4 is 11.1 Å². The van der Waals surface area contributed by atoms with Gasteiger partial charge in [0.2, 0.25) is 11.8 Å². The van der Waals surface area contributed by atoms with Crippen molar-refractivity contribution in [2.45, 2.75) is 19.4 Å². The van der Waals surface area contributed by atoms with Gasteiger partial charge in [0.15, 0.2) is 0 Å². The molecule has 7 heteroatoms. The SMILES string of the molecule is COC(=O)C1CC(NC(C)=O)CN(CC(N)=O)C1. The number of nitrogens with one attached hydrogen (secondary N) is 1. The van der Waals surface area contributed by atoms with Gasteiger partial charge in [-0.25, -0.2) is 0 Å². The van der Waals surface area contributed by atoms with Crippen molar-refractivity contribution in [2.24, 2.45) is 11.7 Å². The molecule has 0 aromatic heterocycles. The van der Waals surface area contributed by atoms with E-state index in [4.69, 9.17) is 10.5 Å². The lowest BCUT2D eigenvalue weighted by atomic mass is 9.94. The number of carbonyl (C=O) groups is 3. The smallest absolute Gasteiger partial charge is 0.310 e. The van der Waals surface area contributed by atoms with E-state index in [1.54, 1.807) is 4.90 Å². The Bertz CT molecular complexity index is 321. The third-order valence-electron chi connectivity index (χ3n) is 2.85. The molecule has 1 aliphatic heterocycles. The first-order valence-corrected chi connectivity index (χ1v) is 5.78. The molecule has 3 N–H and O–H groups in total. The number of esters is 1. The number of rotatable bonds is 4. The monoisotopic (exact) mass is 257 g/mol. The highest BCUT2D eigenvalue weighted by Crippen LogP contribution is 2.18. The topological polar surface area (TPSA) is 102 Å². The Morgan fingerprint density at radius 2 is 2.06 bits per heavy atom. The van der Waals surface area contributed by atoms with Gasteiger partial charge in [-0.15, -0.1) is 0 Å². The number of hydrogen-bond acceptors (Lipinski definition) is 5. The summed E-state index contributed by atoms with van der Waals surface area (Å²) in [6, 6.07) is -0.167. The lowest BCUT2D eigenvalue weighted by Gasteiger charge is -2.36. The molecule has 0 aromatic carbocycles. The maximum Gasteiger partial charge on any atom is 0.310 e. The molecule has 1 rings (SSSR count). The third-order valence-corrected chi connectivity index (χ3v) is 2.85. The number of ether oxygens (including phenoxy) is 1. The van der Waals surface area contributed by atoms with Gasteiger partial charge < -0.3 is 15.8 Å². The lowest BCUT2D eigenvalue weighted by molar-refractivity contribution is -0.148. The molecule has 2 atom stereocenters. The quantitative estimate of drug-likeness (QED) is 0.595. The Morgan fingerprint density at radius 1 is 1.39 bits per heavy atom. The average molecular weight is 257 g/mol. The molecule has 1 heterocycles. The minimum atomic E-state index is -0.456. The summed E-state index contributed by atoms with van der Waals surface area (Å²) < 4.78 is 4.70. The molecule has 102 valence electrons. The normalized spacial score (nSPS) is 24.3. The Kier molecular flexibility index (Phi) is 5.08. The fraction of sp³-hybridized carbons (Fsp3) is 0.727. The zero-order valence-electron chi connectivity index (χ0n) is 10.6. The third kappa shape index (κ3) is 4.33. The highest BCUT2D eigenvalue weighted by molar-refractivity contribution is 5.77. The highest BCUT2D eigenvalue weighted by Gasteiger charge is 2.33. The number of nitrogens with two attached hydrogens (primary N) is 1. The highest BCUT2D eigenvalue weighted by atomic mass is 16.5. The first kappa shape index (κ1) is 14.4. The van der Waals surface area contributed by atoms with E-state index in [0.717, 1.165) is 0 Å². The van der Waals surface area contributed by atoms with E-state index in [1.165, 1.54) is 14.0 Å². The number of nitrogens with zero attached hydrogens (tertiary/aromatic N) is 1. The first-order valence-electron chi connectivity index (χ1n) is 5.78. The fourth-order valence-electron chi connectivity index (χ4n) is 2.27. The van der Waals surface area contributed by atoms with Gasteiger partial charge in [0.05, 0.1) is 19.6 Å². The summed E-state index contributed by atoms with van der Waals surface area (Å²) in [4.78, 5) is 35.3. The predicted molar refractivity (Wildman–Crippen MR) is 63.4 cm³/mol. The molecular formula is C11H19N3O4. The number of likely N-dealkylation sites (tertiary alicyclic amines) is 1. The number of hydrogen-bond donors (Lipinski definition) is 2. The van der Waals surface area contributed by atoms with E-state index in [0.29, 0.717) is 19.5 Å². The molecule has 0 aromatic rings. The Hall–Kier alpha value is -1.63. The van der Waals surface area contributed by atoms with Crippen LogP contribution in [0.15, 0.2) is 0 Å². The van der Waals surface area contributed by atoms with Crippen molar-refractivity contribution in [3.05, 3.63) is 0 Å². The van der Waals surface area contributed by atoms with Crippen LogP contribution in [0.1, 0.15) is 13.3 Å². The molecule has 0 spiro atoms. The summed E-state index contributed by atoms with van der Waals surface area (Å²) in [7, 11) is 1.32. The van der Waals surface area contributed by atoms with Crippen LogP contribution in [0.2, 0.25) is 0 Å². The van der Waals surface area contributed by atoms with Gasteiger partial charge in [0, 0.05) is 26.1 Å². The fourth-order valence-corrected chi connectivity index (χ4v) is 2.27. The zero-order chi connectivity index (χ0) is 13.7. The number of carbonyl (C=O) groups excluding carboxylic acids is 3. The number of piperidine rings is 1. The van der Waals surface area contributed by atoms with Gasteiger partial charge in [-0.2, -0.15) is 0 Å². The van der Waals surface area contributed by atoms with Crippen molar-refractivity contribution < 1.29 is 19.1 Å². The zero-order valence-corrected chi connectivity index (χ0v) is 10.6. The molecule has 2 unspecified atom stereocenters. The second kappa shape index (κ2) is 6.34. The predicted octanol–water partition coefficient (Wildman–Crippen LogP) is -1.53. The van der Waals surface area contributed by atoms with Crippen molar-refractivity contribution in [1.29, 1.82) is 0 Å². The second-order valence-corrected chi connectivity index (χ2v) is 4.51. The summed E-state index contributed by atoms with van der Waals surface area (Å²) in [5.74, 6) is -1.30. The number of methoxy groups -OCH3 is 1. The van der Waals surface area contributed by atoms with Crippen molar-refractivity contribution in [2.75, 3.05) is 26.7 Å². The van der Waals surface area contributed by atoms with Crippen LogP contribution in [-0.2, 0) is 19.1 Å². The van der Waals surface area contributed by atoms with Gasteiger partial charge in [-0.05, 0) is 6.42 Å². The summed E-state index contributed by atoms with van der Waals surface area (Å²) in [6.45, 7) is 2.42. The van der Waals surface area contributed by atoms with Gasteiger partial charge in [-0.1, -0.05) is 0 Å². The molecule has 1 aliphatic rings. The lowest BCUT2D eigenvalue weighted by Crippen LogP contribution is -2.53. The Labute approximate surface area is 106 Å². The van der Waals surface area contributed by atoms with Crippen molar-refractivity contribution in [3.63, 3.8) is 0 Å². The average Bonchev–Trinajstić information content (AvgIpc) is 2.25. The molecular weight excluding hydrogens is 238 g/mol. The molecule has 0 bridgehead atoms. The van der Waals surface area contributed by atoms with E-state index >= 15 is 0 Å². The van der Waals surface area contributed by atoms with Gasteiger partial charge in [0.25, 0.3) is 0 Å². The summed E-state index contributed by atoms with van der Waals surface area (Å²) in [5.41, 5.74) is 5.14. The largest absolute Gasteiger partial charge is 0.469 e. The minimum absolute atomic E-state index is 0.0730. The van der Waals surface area contributed by atoms with Gasteiger partial charge >= 0.3 is 5.97 Å². The molecule has 7 nitrogen and oxygen atoms in total. The first-order chi connectivity index (χ1) is 8.42. The summed E-state index contributed by atoms with van der Waals surface area (Å²) in [6.07, 6.45) is 0.515. The Morgan fingerprint density at radius 3 is 2.56 bits per heavy atom. The van der Waals surface area contributed by atoms with E-state index in [1.807, 2.05) is 0 Å². The van der Waals surface area contributed by atoms with Crippen molar-refractivity contribution in [3.8, 4) is 0 Å². The van der Waals surface area contributed by atoms with Gasteiger partial charge in [0.1, 0.15) is 0 Å². The number of amides is 2. The van der Waals surface area contributed by atoms with Crippen LogP contribution in [0.4, 0.5) is 0 Å². The van der Waals surface area contributed by atoms with E-state index in [2.05, 4.69) is 5.32 Å². The number of primary amides is 1. The standard InChI is InChI=1S/C11H19N3O4/c1-7(15)13-9-3-8(11(17)18-2)4-14(5-9)6-10(12)16/h8-9H,3-6H2,1-2H3,(H2,12,16)(H,13,15). The molecule has 0 aliphatic carbocycles. The van der Waals surface area contributed by atoms with Crippen LogP contribution in [0.3, 0.4) is 0 Å². The minimum Gasteiger partial charge on any atom is -0.469 e. The van der Waals surface area contributed by atoms with Crippen LogP contribution in [0.5, 0.6) is 0 Å². The van der Waals surface area contributed by atoms with Crippen LogP contribution in [0, 0.1) is 5.92 Å². The van der Waals surface area contributed by atoms with Crippen molar-refractivity contribution in [1.82, 2.24) is 10.2 Å². The Balaban J connectivity index is 2.68. The maximum absolute atomic E-state index is 11.6. The van der Waals surface area contributed by atoms with Crippen LogP contribution in [-0.4, -0.2) is 55.5 Å². The molecule has 1 saturated heterocycles. The maximum atomic E-state index is 11.6. The van der Waals surface area contributed by atoms with Crippen LogP contribution >= 0.6 is 0 Å².